The standard InChI is InChI=1S/C20H21N5O2/c1-23(2)16-8-9-19(21-13-16)24-10-11-25-18(20(24)26)12-15(22-25)14-27-17-6-4-3-5-7-17/h3-9,12-13H,10-11,14H2,1-2H3. The van der Waals surface area contributed by atoms with Crippen LogP contribution in [0.4, 0.5) is 11.5 Å². The van der Waals surface area contributed by atoms with Crippen molar-refractivity contribution in [3.63, 3.8) is 0 Å². The van der Waals surface area contributed by atoms with Crippen molar-refractivity contribution in [3.05, 3.63) is 66.1 Å². The zero-order valence-electron chi connectivity index (χ0n) is 15.4. The number of pyridine rings is 1. The summed E-state index contributed by atoms with van der Waals surface area (Å²) in [6.07, 6.45) is 1.77. The number of rotatable bonds is 5. The van der Waals surface area contributed by atoms with E-state index < -0.39 is 0 Å². The summed E-state index contributed by atoms with van der Waals surface area (Å²) in [4.78, 5) is 21.0. The predicted octanol–water partition coefficient (Wildman–Crippen LogP) is 2.58. The number of nitrogens with zero attached hydrogens (tertiary/aromatic N) is 5. The van der Waals surface area contributed by atoms with Crippen LogP contribution in [0, 0.1) is 0 Å². The van der Waals surface area contributed by atoms with E-state index in [4.69, 9.17) is 4.74 Å². The molecule has 138 valence electrons. The molecular weight excluding hydrogens is 342 g/mol. The Morgan fingerprint density at radius 3 is 2.63 bits per heavy atom. The fourth-order valence-electron chi connectivity index (χ4n) is 3.01. The van der Waals surface area contributed by atoms with Gasteiger partial charge in [-0.15, -0.1) is 0 Å². The molecule has 27 heavy (non-hydrogen) atoms. The molecule has 0 bridgehead atoms. The number of carbonyl (C=O) groups excluding carboxylic acids is 1. The van der Waals surface area contributed by atoms with Crippen LogP contribution in [0.15, 0.2) is 54.7 Å². The van der Waals surface area contributed by atoms with Gasteiger partial charge in [-0.25, -0.2) is 4.98 Å². The molecule has 1 aromatic carbocycles. The molecule has 0 aliphatic carbocycles. The van der Waals surface area contributed by atoms with Gasteiger partial charge in [-0.1, -0.05) is 18.2 Å². The number of hydrogen-bond acceptors (Lipinski definition) is 5. The lowest BCUT2D eigenvalue weighted by Gasteiger charge is -2.26. The van der Waals surface area contributed by atoms with Gasteiger partial charge in [0.1, 0.15) is 29.6 Å². The summed E-state index contributed by atoms with van der Waals surface area (Å²) in [5.41, 5.74) is 2.29. The highest BCUT2D eigenvalue weighted by Gasteiger charge is 2.28. The normalized spacial score (nSPS) is 13.4. The number of ether oxygens (including phenoxy) is 1. The van der Waals surface area contributed by atoms with Crippen LogP contribution in [0.3, 0.4) is 0 Å². The number of anilines is 2. The van der Waals surface area contributed by atoms with Gasteiger partial charge in [-0.2, -0.15) is 5.10 Å². The van der Waals surface area contributed by atoms with Crippen molar-refractivity contribution in [2.45, 2.75) is 13.2 Å². The van der Waals surface area contributed by atoms with Gasteiger partial charge in [0.15, 0.2) is 0 Å². The molecule has 2 aromatic heterocycles. The number of fused-ring (bicyclic) bond motifs is 1. The van der Waals surface area contributed by atoms with Crippen molar-refractivity contribution in [1.82, 2.24) is 14.8 Å². The van der Waals surface area contributed by atoms with E-state index in [1.807, 2.05) is 61.5 Å². The summed E-state index contributed by atoms with van der Waals surface area (Å²) in [6.45, 7) is 1.50. The highest BCUT2D eigenvalue weighted by atomic mass is 16.5. The molecule has 0 fully saturated rings. The van der Waals surface area contributed by atoms with Gasteiger partial charge in [0.05, 0.1) is 18.4 Å². The Kier molecular flexibility index (Phi) is 4.50. The largest absolute Gasteiger partial charge is 0.487 e. The van der Waals surface area contributed by atoms with Gasteiger partial charge in [-0.05, 0) is 30.3 Å². The Bertz CT molecular complexity index is 935. The second kappa shape index (κ2) is 7.11. The zero-order chi connectivity index (χ0) is 18.8. The van der Waals surface area contributed by atoms with Crippen LogP contribution in [0.2, 0.25) is 0 Å². The molecule has 3 aromatic rings. The van der Waals surface area contributed by atoms with Crippen LogP contribution < -0.4 is 14.5 Å². The van der Waals surface area contributed by atoms with Gasteiger partial charge in [0.2, 0.25) is 0 Å². The van der Waals surface area contributed by atoms with Gasteiger partial charge >= 0.3 is 0 Å². The lowest BCUT2D eigenvalue weighted by Crippen LogP contribution is -2.40. The Hall–Kier alpha value is -3.35. The maximum absolute atomic E-state index is 12.9. The van der Waals surface area contributed by atoms with Crippen LogP contribution in [0.1, 0.15) is 16.2 Å². The van der Waals surface area contributed by atoms with Crippen molar-refractivity contribution in [2.75, 3.05) is 30.4 Å². The fourth-order valence-corrected chi connectivity index (χ4v) is 3.01. The minimum absolute atomic E-state index is 0.0928. The van der Waals surface area contributed by atoms with E-state index in [2.05, 4.69) is 10.1 Å². The first-order valence-electron chi connectivity index (χ1n) is 8.81. The average molecular weight is 363 g/mol. The Morgan fingerprint density at radius 1 is 1.11 bits per heavy atom. The molecule has 0 saturated carbocycles. The van der Waals surface area contributed by atoms with E-state index in [-0.39, 0.29) is 5.91 Å². The lowest BCUT2D eigenvalue weighted by molar-refractivity contribution is 0.0961. The van der Waals surface area contributed by atoms with Crippen LogP contribution in [-0.2, 0) is 13.2 Å². The topological polar surface area (TPSA) is 63.5 Å². The highest BCUT2D eigenvalue weighted by Crippen LogP contribution is 2.22. The smallest absolute Gasteiger partial charge is 0.277 e. The molecule has 3 heterocycles. The van der Waals surface area contributed by atoms with Crippen molar-refractivity contribution in [1.29, 1.82) is 0 Å². The Morgan fingerprint density at radius 2 is 1.93 bits per heavy atom. The summed E-state index contributed by atoms with van der Waals surface area (Å²) in [5, 5.41) is 4.50. The molecule has 4 rings (SSSR count). The summed E-state index contributed by atoms with van der Waals surface area (Å²) in [7, 11) is 3.92. The molecule has 0 atom stereocenters. The first-order chi connectivity index (χ1) is 13.1. The molecular formula is C20H21N5O2. The van der Waals surface area contributed by atoms with Crippen LogP contribution >= 0.6 is 0 Å². The fraction of sp³-hybridized carbons (Fsp3) is 0.250. The third-order valence-electron chi connectivity index (χ3n) is 4.49. The number of benzene rings is 1. The predicted molar refractivity (Wildman–Crippen MR) is 103 cm³/mol. The van der Waals surface area contributed by atoms with E-state index in [1.165, 1.54) is 0 Å². The molecule has 0 radical (unpaired) electrons. The molecule has 0 spiro atoms. The first-order valence-corrected chi connectivity index (χ1v) is 8.81. The second-order valence-corrected chi connectivity index (χ2v) is 6.57. The summed E-state index contributed by atoms with van der Waals surface area (Å²) in [6, 6.07) is 15.2. The van der Waals surface area contributed by atoms with Crippen molar-refractivity contribution in [2.24, 2.45) is 0 Å². The van der Waals surface area contributed by atoms with E-state index in [0.717, 1.165) is 17.1 Å². The van der Waals surface area contributed by atoms with Gasteiger partial charge in [0, 0.05) is 20.6 Å². The summed E-state index contributed by atoms with van der Waals surface area (Å²) >= 11 is 0. The highest BCUT2D eigenvalue weighted by molar-refractivity contribution is 6.05. The third kappa shape index (κ3) is 3.48. The minimum atomic E-state index is -0.0928. The molecule has 0 unspecified atom stereocenters. The van der Waals surface area contributed by atoms with Crippen LogP contribution in [0.5, 0.6) is 5.75 Å². The summed E-state index contributed by atoms with van der Waals surface area (Å²) < 4.78 is 7.48. The Balaban J connectivity index is 1.49. The molecule has 0 saturated heterocycles. The Labute approximate surface area is 157 Å². The second-order valence-electron chi connectivity index (χ2n) is 6.57. The SMILES string of the molecule is CN(C)c1ccc(N2CCn3nc(COc4ccccc4)cc3C2=O)nc1. The van der Waals surface area contributed by atoms with Gasteiger partial charge < -0.3 is 9.64 Å². The van der Waals surface area contributed by atoms with Crippen molar-refractivity contribution in [3.8, 4) is 5.75 Å². The summed E-state index contributed by atoms with van der Waals surface area (Å²) in [5.74, 6) is 1.34. The monoisotopic (exact) mass is 363 g/mol. The van der Waals surface area contributed by atoms with E-state index >= 15 is 0 Å². The zero-order valence-corrected chi connectivity index (χ0v) is 15.4. The average Bonchev–Trinajstić information content (AvgIpc) is 3.12. The maximum atomic E-state index is 12.9. The quantitative estimate of drug-likeness (QED) is 0.697. The molecule has 1 amide bonds. The maximum Gasteiger partial charge on any atom is 0.277 e. The first kappa shape index (κ1) is 17.1. The van der Waals surface area contributed by atoms with Crippen molar-refractivity contribution < 1.29 is 9.53 Å². The number of amides is 1. The lowest BCUT2D eigenvalue weighted by atomic mass is 10.2. The van der Waals surface area contributed by atoms with Crippen LogP contribution in [0.25, 0.3) is 0 Å². The molecule has 0 N–H and O–H groups in total. The minimum Gasteiger partial charge on any atom is -0.487 e. The van der Waals surface area contributed by atoms with E-state index in [9.17, 15) is 4.79 Å². The number of carbonyl (C=O) groups is 1. The van der Waals surface area contributed by atoms with Gasteiger partial charge in [0.25, 0.3) is 5.91 Å². The number of aromatic nitrogens is 3. The molecule has 7 heteroatoms. The van der Waals surface area contributed by atoms with Gasteiger partial charge in [-0.3, -0.25) is 14.4 Å². The van der Waals surface area contributed by atoms with E-state index in [1.54, 1.807) is 21.8 Å². The molecule has 1 aliphatic rings. The van der Waals surface area contributed by atoms with Crippen molar-refractivity contribution >= 4 is 17.4 Å². The molecule has 7 nitrogen and oxygen atoms in total. The number of para-hydroxylation sites is 1. The van der Waals surface area contributed by atoms with E-state index in [0.29, 0.717) is 31.2 Å². The van der Waals surface area contributed by atoms with Crippen LogP contribution in [-0.4, -0.2) is 41.3 Å². The molecule has 1 aliphatic heterocycles. The number of hydrogen-bond donors (Lipinski definition) is 0. The third-order valence-corrected chi connectivity index (χ3v) is 4.49.